The van der Waals surface area contributed by atoms with Gasteiger partial charge in [-0.1, -0.05) is 268 Å². The molecule has 83 heavy (non-hydrogen) atoms. The van der Waals surface area contributed by atoms with Gasteiger partial charge in [-0.05, 0) is 64.2 Å². The molecule has 2 aliphatic heterocycles. The number of rotatable bonds is 56. The van der Waals surface area contributed by atoms with Crippen LogP contribution in [0.2, 0.25) is 0 Å². The zero-order valence-electron chi connectivity index (χ0n) is 52.7. The van der Waals surface area contributed by atoms with Crippen molar-refractivity contribution < 1.29 is 64.6 Å². The fourth-order valence-electron chi connectivity index (χ4n) is 11.2. The van der Waals surface area contributed by atoms with Crippen molar-refractivity contribution in [3.8, 4) is 0 Å². The number of allylic oxidation sites excluding steroid dienone is 7. The normalized spacial score (nSPS) is 24.1. The standard InChI is InChI=1S/C69H127NO13/c1-3-5-7-9-11-13-15-17-19-21-23-24-25-26-27-28-29-30-31-32-33-35-36-38-40-42-44-46-48-50-52-58(73)57(70-61(74)53-51-49-47-45-43-41-39-37-34-22-20-18-16-14-12-10-8-6-4-2)56-80-68-66(79)64(77)67(60(55-72)82-68)83-69-65(78)63(76)62(75)59(54-71)81-69/h12,14,18,20,42,44,50,52,57-60,62-69,71-73,75-79H,3-11,13,15-17,19,21-41,43,45-49,51,53-56H2,1-2H3,(H,70,74)/b14-12-,20-18-,44-42+,52-50+. The molecular weight excluding hydrogens is 1050 g/mol. The van der Waals surface area contributed by atoms with Gasteiger partial charge in [0.2, 0.25) is 5.91 Å². The highest BCUT2D eigenvalue weighted by atomic mass is 16.7. The first kappa shape index (κ1) is 77.0. The summed E-state index contributed by atoms with van der Waals surface area (Å²) in [5, 5.41) is 87.3. The van der Waals surface area contributed by atoms with Crippen LogP contribution in [0.1, 0.15) is 290 Å². The molecule has 2 fully saturated rings. The number of hydrogen-bond acceptors (Lipinski definition) is 13. The van der Waals surface area contributed by atoms with E-state index >= 15 is 0 Å². The third-order valence-electron chi connectivity index (χ3n) is 16.7. The Hall–Kier alpha value is -2.05. The van der Waals surface area contributed by atoms with E-state index in [2.05, 4.69) is 55.6 Å². The number of unbranched alkanes of at least 4 members (excludes halogenated alkanes) is 37. The van der Waals surface area contributed by atoms with Crippen molar-refractivity contribution in [1.82, 2.24) is 5.32 Å². The van der Waals surface area contributed by atoms with Crippen LogP contribution in [0.15, 0.2) is 48.6 Å². The number of carbonyl (C=O) groups excluding carboxylic acids is 1. The van der Waals surface area contributed by atoms with Gasteiger partial charge in [0, 0.05) is 6.42 Å². The molecule has 0 spiro atoms. The topological polar surface area (TPSA) is 228 Å². The summed E-state index contributed by atoms with van der Waals surface area (Å²) >= 11 is 0. The Kier molecular flexibility index (Phi) is 50.2. The molecule has 0 aliphatic carbocycles. The lowest BCUT2D eigenvalue weighted by Gasteiger charge is -2.46. The van der Waals surface area contributed by atoms with Crippen molar-refractivity contribution in [2.75, 3.05) is 19.8 Å². The highest BCUT2D eigenvalue weighted by molar-refractivity contribution is 5.76. The van der Waals surface area contributed by atoms with Crippen molar-refractivity contribution in [2.45, 2.75) is 364 Å². The zero-order valence-corrected chi connectivity index (χ0v) is 52.7. The smallest absolute Gasteiger partial charge is 0.220 e. The molecule has 1 amide bonds. The molecule has 0 bridgehead atoms. The van der Waals surface area contributed by atoms with Crippen LogP contribution in [0.5, 0.6) is 0 Å². The van der Waals surface area contributed by atoms with E-state index in [9.17, 15) is 45.6 Å². The maximum Gasteiger partial charge on any atom is 0.220 e. The molecule has 2 aliphatic rings. The van der Waals surface area contributed by atoms with Gasteiger partial charge in [-0.25, -0.2) is 0 Å². The van der Waals surface area contributed by atoms with E-state index < -0.39 is 86.8 Å². The molecule has 2 saturated heterocycles. The minimum atomic E-state index is -1.79. The van der Waals surface area contributed by atoms with Crippen molar-refractivity contribution >= 4 is 5.91 Å². The summed E-state index contributed by atoms with van der Waals surface area (Å²) in [7, 11) is 0. The van der Waals surface area contributed by atoms with E-state index in [0.29, 0.717) is 12.8 Å². The van der Waals surface area contributed by atoms with Gasteiger partial charge in [0.25, 0.3) is 0 Å². The molecule has 0 radical (unpaired) electrons. The van der Waals surface area contributed by atoms with Gasteiger partial charge in [0.15, 0.2) is 12.6 Å². The Labute approximate surface area is 505 Å². The first-order chi connectivity index (χ1) is 40.6. The minimum absolute atomic E-state index is 0.252. The van der Waals surface area contributed by atoms with Crippen molar-refractivity contribution in [3.05, 3.63) is 48.6 Å². The SMILES string of the molecule is CCCCC/C=C\C/C=C\CCCCCCCCCCCC(=O)NC(COC1OC(CO)C(OC2OC(CO)C(O)C(O)C2O)C(O)C1O)C(O)/C=C/CC/C=C/CCCCCCCCCCCCCCCCCCCCCCCCCC. The highest BCUT2D eigenvalue weighted by Gasteiger charge is 2.51. The van der Waals surface area contributed by atoms with Gasteiger partial charge in [-0.3, -0.25) is 4.79 Å². The van der Waals surface area contributed by atoms with Crippen LogP contribution in [-0.4, -0.2) is 140 Å². The quantitative estimate of drug-likeness (QED) is 0.0204. The van der Waals surface area contributed by atoms with Gasteiger partial charge >= 0.3 is 0 Å². The molecule has 0 saturated carbocycles. The number of nitrogens with one attached hydrogen (secondary N) is 1. The number of aliphatic hydroxyl groups is 8. The molecule has 0 aromatic carbocycles. The van der Waals surface area contributed by atoms with Crippen LogP contribution >= 0.6 is 0 Å². The minimum Gasteiger partial charge on any atom is -0.394 e. The largest absolute Gasteiger partial charge is 0.394 e. The van der Waals surface area contributed by atoms with Crippen LogP contribution in [0.25, 0.3) is 0 Å². The lowest BCUT2D eigenvalue weighted by atomic mass is 9.97. The van der Waals surface area contributed by atoms with E-state index in [4.69, 9.17) is 18.9 Å². The third kappa shape index (κ3) is 38.8. The number of ether oxygens (including phenoxy) is 4. The molecule has 0 aromatic rings. The number of amides is 1. The predicted molar refractivity (Wildman–Crippen MR) is 337 cm³/mol. The Morgan fingerprint density at radius 1 is 0.434 bits per heavy atom. The van der Waals surface area contributed by atoms with E-state index in [-0.39, 0.29) is 18.9 Å². The number of aliphatic hydroxyl groups excluding tert-OH is 8. The monoisotopic (exact) mass is 1180 g/mol. The molecule has 9 N–H and O–H groups in total. The highest BCUT2D eigenvalue weighted by Crippen LogP contribution is 2.30. The number of carbonyl (C=O) groups is 1. The summed E-state index contributed by atoms with van der Waals surface area (Å²) in [6, 6.07) is -0.936. The van der Waals surface area contributed by atoms with Crippen molar-refractivity contribution in [2.24, 2.45) is 0 Å². The van der Waals surface area contributed by atoms with Crippen molar-refractivity contribution in [1.29, 1.82) is 0 Å². The van der Waals surface area contributed by atoms with Gasteiger partial charge in [-0.15, -0.1) is 0 Å². The maximum atomic E-state index is 13.3. The van der Waals surface area contributed by atoms with Crippen LogP contribution < -0.4 is 5.32 Å². The summed E-state index contributed by atoms with van der Waals surface area (Å²) < 4.78 is 22.8. The molecule has 2 heterocycles. The maximum absolute atomic E-state index is 13.3. The predicted octanol–water partition coefficient (Wildman–Crippen LogP) is 13.5. The molecule has 486 valence electrons. The Morgan fingerprint density at radius 3 is 1.28 bits per heavy atom. The molecule has 2 rings (SSSR count). The van der Waals surface area contributed by atoms with Gasteiger partial charge in [0.1, 0.15) is 48.8 Å². The second-order valence-corrected chi connectivity index (χ2v) is 24.3. The van der Waals surface area contributed by atoms with E-state index in [1.54, 1.807) is 6.08 Å². The molecule has 12 atom stereocenters. The fraction of sp³-hybridized carbons (Fsp3) is 0.870. The summed E-state index contributed by atoms with van der Waals surface area (Å²) in [6.07, 6.45) is 53.1. The zero-order chi connectivity index (χ0) is 60.2. The fourth-order valence-corrected chi connectivity index (χ4v) is 11.2. The van der Waals surface area contributed by atoms with Crippen LogP contribution in [0, 0.1) is 0 Å². The Bertz CT molecular complexity index is 1580. The van der Waals surface area contributed by atoms with Gasteiger partial charge in [0.05, 0.1) is 32.0 Å². The molecule has 0 aromatic heterocycles. The van der Waals surface area contributed by atoms with Crippen molar-refractivity contribution in [3.63, 3.8) is 0 Å². The summed E-state index contributed by atoms with van der Waals surface area (Å²) in [5.41, 5.74) is 0. The average molecular weight is 1180 g/mol. The lowest BCUT2D eigenvalue weighted by Crippen LogP contribution is -2.65. The summed E-state index contributed by atoms with van der Waals surface area (Å²) in [5.74, 6) is -0.252. The first-order valence-electron chi connectivity index (χ1n) is 34.4. The van der Waals surface area contributed by atoms with Crippen LogP contribution in [0.3, 0.4) is 0 Å². The lowest BCUT2D eigenvalue weighted by molar-refractivity contribution is -0.359. The van der Waals surface area contributed by atoms with Crippen LogP contribution in [-0.2, 0) is 23.7 Å². The van der Waals surface area contributed by atoms with E-state index in [0.717, 1.165) is 44.9 Å². The Morgan fingerprint density at radius 2 is 0.807 bits per heavy atom. The summed E-state index contributed by atoms with van der Waals surface area (Å²) in [4.78, 5) is 13.3. The van der Waals surface area contributed by atoms with E-state index in [1.807, 2.05) is 6.08 Å². The first-order valence-corrected chi connectivity index (χ1v) is 34.4. The van der Waals surface area contributed by atoms with Crippen LogP contribution in [0.4, 0.5) is 0 Å². The molecule has 14 heteroatoms. The molecule has 12 unspecified atom stereocenters. The Balaban J connectivity index is 1.70. The van der Waals surface area contributed by atoms with E-state index in [1.165, 1.54) is 212 Å². The second-order valence-electron chi connectivity index (χ2n) is 24.3. The third-order valence-corrected chi connectivity index (χ3v) is 16.7. The number of hydrogen-bond donors (Lipinski definition) is 9. The second kappa shape index (κ2) is 54.1. The average Bonchev–Trinajstić information content (AvgIpc) is 3.64. The molecule has 14 nitrogen and oxygen atoms in total. The van der Waals surface area contributed by atoms with Gasteiger partial charge in [-0.2, -0.15) is 0 Å². The summed E-state index contributed by atoms with van der Waals surface area (Å²) in [6.45, 7) is 2.79. The van der Waals surface area contributed by atoms with Gasteiger partial charge < -0.3 is 65.1 Å². The molecular formula is C69H127NO13.